The topological polar surface area (TPSA) is 21.3 Å². The first-order valence-corrected chi connectivity index (χ1v) is 6.12. The Labute approximate surface area is 112 Å². The predicted octanol–water partition coefficient (Wildman–Crippen LogP) is 3.29. The van der Waals surface area contributed by atoms with Crippen molar-refractivity contribution in [3.63, 3.8) is 0 Å². The van der Waals surface area contributed by atoms with Crippen molar-refractivity contribution in [3.05, 3.63) is 32.7 Å². The van der Waals surface area contributed by atoms with Crippen LogP contribution in [0.4, 0.5) is 0 Å². The zero-order valence-electron chi connectivity index (χ0n) is 8.00. The highest BCUT2D eigenvalue weighted by Crippen LogP contribution is 2.27. The molecule has 2 rings (SSSR count). The second kappa shape index (κ2) is 6.21. The molecule has 1 atom stereocenters. The fourth-order valence-corrected chi connectivity index (χ4v) is 2.15. The first-order valence-electron chi connectivity index (χ1n) is 4.53. The van der Waals surface area contributed by atoms with Crippen LogP contribution in [-0.4, -0.2) is 19.8 Å². The molecule has 1 fully saturated rings. The van der Waals surface area contributed by atoms with E-state index in [1.807, 2.05) is 0 Å². The Kier molecular flexibility index (Phi) is 5.57. The van der Waals surface area contributed by atoms with E-state index in [9.17, 15) is 0 Å². The van der Waals surface area contributed by atoms with Gasteiger partial charge in [0.25, 0.3) is 0 Å². The van der Waals surface area contributed by atoms with Crippen molar-refractivity contribution >= 4 is 44.3 Å². The molecule has 0 aromatic heterocycles. The average molecular weight is 357 g/mol. The van der Waals surface area contributed by atoms with Crippen LogP contribution in [0.15, 0.2) is 27.1 Å². The number of ether oxygens (including phenoxy) is 1. The minimum atomic E-state index is 0. The van der Waals surface area contributed by atoms with Crippen LogP contribution < -0.4 is 5.32 Å². The molecule has 1 heterocycles. The van der Waals surface area contributed by atoms with E-state index in [0.29, 0.717) is 6.04 Å². The Hall–Kier alpha value is 0.390. The van der Waals surface area contributed by atoms with Crippen LogP contribution >= 0.6 is 44.3 Å². The van der Waals surface area contributed by atoms with Crippen LogP contribution in [-0.2, 0) is 4.74 Å². The lowest BCUT2D eigenvalue weighted by molar-refractivity contribution is 0.0768. The fraction of sp³-hybridized carbons (Fsp3) is 0.400. The lowest BCUT2D eigenvalue weighted by Gasteiger charge is -2.24. The summed E-state index contributed by atoms with van der Waals surface area (Å²) in [6.45, 7) is 2.50. The summed E-state index contributed by atoms with van der Waals surface area (Å²) < 4.78 is 7.58. The molecule has 1 aromatic rings. The van der Waals surface area contributed by atoms with Crippen molar-refractivity contribution in [1.82, 2.24) is 5.32 Å². The van der Waals surface area contributed by atoms with Gasteiger partial charge in [0.2, 0.25) is 0 Å². The van der Waals surface area contributed by atoms with Crippen LogP contribution in [0.3, 0.4) is 0 Å². The molecule has 0 bridgehead atoms. The van der Waals surface area contributed by atoms with Gasteiger partial charge in [0, 0.05) is 15.5 Å². The summed E-state index contributed by atoms with van der Waals surface area (Å²) in [6, 6.07) is 6.61. The van der Waals surface area contributed by atoms with E-state index in [1.165, 1.54) is 5.56 Å². The number of rotatable bonds is 1. The summed E-state index contributed by atoms with van der Waals surface area (Å²) in [6.07, 6.45) is 0. The molecule has 0 unspecified atom stereocenters. The van der Waals surface area contributed by atoms with Crippen LogP contribution in [0.1, 0.15) is 11.6 Å². The molecule has 1 saturated heterocycles. The van der Waals surface area contributed by atoms with E-state index in [1.54, 1.807) is 0 Å². The van der Waals surface area contributed by atoms with Crippen molar-refractivity contribution in [1.29, 1.82) is 0 Å². The minimum Gasteiger partial charge on any atom is -0.378 e. The van der Waals surface area contributed by atoms with E-state index >= 15 is 0 Å². The first kappa shape index (κ1) is 13.5. The van der Waals surface area contributed by atoms with Gasteiger partial charge in [0.1, 0.15) is 0 Å². The molecule has 0 aliphatic carbocycles. The molecule has 1 aliphatic rings. The third kappa shape index (κ3) is 3.43. The monoisotopic (exact) mass is 355 g/mol. The molecule has 15 heavy (non-hydrogen) atoms. The summed E-state index contributed by atoms with van der Waals surface area (Å²) in [4.78, 5) is 0. The molecular weight excluding hydrogens is 345 g/mol. The van der Waals surface area contributed by atoms with Gasteiger partial charge in [0.15, 0.2) is 0 Å². The van der Waals surface area contributed by atoms with Gasteiger partial charge >= 0.3 is 0 Å². The summed E-state index contributed by atoms with van der Waals surface area (Å²) in [5.41, 5.74) is 1.26. The maximum absolute atomic E-state index is 5.42. The van der Waals surface area contributed by atoms with E-state index < -0.39 is 0 Å². The molecule has 2 nitrogen and oxygen atoms in total. The number of benzene rings is 1. The number of nitrogens with one attached hydrogen (secondary N) is 1. The van der Waals surface area contributed by atoms with E-state index in [4.69, 9.17) is 4.74 Å². The van der Waals surface area contributed by atoms with Gasteiger partial charge in [-0.1, -0.05) is 6.07 Å². The number of halogens is 3. The van der Waals surface area contributed by atoms with E-state index in [0.717, 1.165) is 28.7 Å². The second-order valence-electron chi connectivity index (χ2n) is 3.26. The Morgan fingerprint density at radius 1 is 1.27 bits per heavy atom. The van der Waals surface area contributed by atoms with E-state index in [-0.39, 0.29) is 12.4 Å². The Bertz CT molecular complexity index is 329. The quantitative estimate of drug-likeness (QED) is 0.833. The van der Waals surface area contributed by atoms with E-state index in [2.05, 4.69) is 55.4 Å². The number of hydrogen-bond donors (Lipinski definition) is 1. The lowest BCUT2D eigenvalue weighted by atomic mass is 10.1. The zero-order valence-corrected chi connectivity index (χ0v) is 12.0. The minimum absolute atomic E-state index is 0. The SMILES string of the molecule is Brc1ccc([C@H]2COCCN2)cc1Br.Cl. The predicted molar refractivity (Wildman–Crippen MR) is 70.7 cm³/mol. The molecule has 84 valence electrons. The van der Waals surface area contributed by atoms with Crippen molar-refractivity contribution in [2.24, 2.45) is 0 Å². The number of morpholine rings is 1. The van der Waals surface area contributed by atoms with Gasteiger partial charge in [-0.2, -0.15) is 0 Å². The average Bonchev–Trinajstić information content (AvgIpc) is 2.23. The van der Waals surface area contributed by atoms with Gasteiger partial charge in [-0.25, -0.2) is 0 Å². The molecule has 1 aromatic carbocycles. The molecule has 0 saturated carbocycles. The summed E-state index contributed by atoms with van der Waals surface area (Å²) in [5, 5.41) is 3.42. The van der Waals surface area contributed by atoms with Crippen molar-refractivity contribution < 1.29 is 4.74 Å². The Balaban J connectivity index is 0.00000112. The normalized spacial score (nSPS) is 20.8. The highest BCUT2D eigenvalue weighted by atomic mass is 79.9. The highest BCUT2D eigenvalue weighted by Gasteiger charge is 2.15. The third-order valence-corrected chi connectivity index (χ3v) is 4.15. The largest absolute Gasteiger partial charge is 0.378 e. The second-order valence-corrected chi connectivity index (χ2v) is 4.96. The molecular formula is C10H12Br2ClNO. The van der Waals surface area contributed by atoms with Crippen molar-refractivity contribution in [2.45, 2.75) is 6.04 Å². The van der Waals surface area contributed by atoms with Crippen LogP contribution in [0.5, 0.6) is 0 Å². The maximum Gasteiger partial charge on any atom is 0.0662 e. The van der Waals surface area contributed by atoms with Crippen LogP contribution in [0.2, 0.25) is 0 Å². The van der Waals surface area contributed by atoms with Gasteiger partial charge in [-0.05, 0) is 49.6 Å². The molecule has 1 aliphatic heterocycles. The zero-order chi connectivity index (χ0) is 9.97. The standard InChI is InChI=1S/C10H11Br2NO.ClH/c11-8-2-1-7(5-9(8)12)10-6-14-4-3-13-10;/h1-2,5,10,13H,3-4,6H2;1H/t10-;/m1./s1. The summed E-state index contributed by atoms with van der Waals surface area (Å²) >= 11 is 6.95. The lowest BCUT2D eigenvalue weighted by Crippen LogP contribution is -2.34. The van der Waals surface area contributed by atoms with Gasteiger partial charge in [0.05, 0.1) is 19.3 Å². The molecule has 0 spiro atoms. The highest BCUT2D eigenvalue weighted by molar-refractivity contribution is 9.13. The Morgan fingerprint density at radius 3 is 2.67 bits per heavy atom. The molecule has 0 radical (unpaired) electrons. The van der Waals surface area contributed by atoms with Crippen LogP contribution in [0, 0.1) is 0 Å². The van der Waals surface area contributed by atoms with Crippen molar-refractivity contribution in [2.75, 3.05) is 19.8 Å². The first-order chi connectivity index (χ1) is 6.77. The summed E-state index contributed by atoms with van der Waals surface area (Å²) in [7, 11) is 0. The maximum atomic E-state index is 5.42. The van der Waals surface area contributed by atoms with Crippen LogP contribution in [0.25, 0.3) is 0 Å². The van der Waals surface area contributed by atoms with Gasteiger partial charge in [-0.3, -0.25) is 0 Å². The van der Waals surface area contributed by atoms with Gasteiger partial charge in [-0.15, -0.1) is 12.4 Å². The fourth-order valence-electron chi connectivity index (χ4n) is 1.51. The summed E-state index contributed by atoms with van der Waals surface area (Å²) in [5.74, 6) is 0. The number of hydrogen-bond acceptors (Lipinski definition) is 2. The Morgan fingerprint density at radius 2 is 2.07 bits per heavy atom. The van der Waals surface area contributed by atoms with Crippen molar-refractivity contribution in [3.8, 4) is 0 Å². The molecule has 1 N–H and O–H groups in total. The third-order valence-electron chi connectivity index (χ3n) is 2.27. The van der Waals surface area contributed by atoms with Gasteiger partial charge < -0.3 is 10.1 Å². The smallest absolute Gasteiger partial charge is 0.0662 e. The molecule has 5 heteroatoms. The molecule has 0 amide bonds.